The summed E-state index contributed by atoms with van der Waals surface area (Å²) in [6, 6.07) is 9.93. The molecule has 0 bridgehead atoms. The molecule has 3 aromatic rings. The number of nitrogen functional groups attached to an aromatic ring is 1. The van der Waals surface area contributed by atoms with Crippen LogP contribution < -0.4 is 5.73 Å². The van der Waals surface area contributed by atoms with Gasteiger partial charge in [-0.15, -0.1) is 0 Å². The number of halogens is 1. The highest BCUT2D eigenvalue weighted by atomic mass is 19.1. The number of pyridine rings is 1. The molecule has 3 N–H and O–H groups in total. The number of aromatic amines is 1. The molecule has 0 aliphatic heterocycles. The van der Waals surface area contributed by atoms with E-state index in [9.17, 15) is 4.39 Å². The molecule has 100 valence electrons. The minimum atomic E-state index is -0.268. The van der Waals surface area contributed by atoms with Crippen molar-refractivity contribution in [1.29, 1.82) is 0 Å². The van der Waals surface area contributed by atoms with E-state index in [4.69, 9.17) is 5.73 Å². The van der Waals surface area contributed by atoms with Crippen molar-refractivity contribution < 1.29 is 4.39 Å². The van der Waals surface area contributed by atoms with Crippen molar-refractivity contribution in [2.45, 2.75) is 6.92 Å². The van der Waals surface area contributed by atoms with Crippen LogP contribution in [0.2, 0.25) is 0 Å². The van der Waals surface area contributed by atoms with Gasteiger partial charge in [-0.3, -0.25) is 5.10 Å². The fraction of sp³-hybridized carbons (Fsp3) is 0.0667. The van der Waals surface area contributed by atoms with E-state index in [1.807, 2.05) is 13.0 Å². The van der Waals surface area contributed by atoms with E-state index in [1.54, 1.807) is 24.4 Å². The number of H-pyrrole nitrogens is 1. The van der Waals surface area contributed by atoms with Crippen molar-refractivity contribution in [3.05, 3.63) is 54.1 Å². The third-order valence-corrected chi connectivity index (χ3v) is 3.13. The first-order valence-corrected chi connectivity index (χ1v) is 6.18. The molecular weight excluding hydrogens is 255 g/mol. The van der Waals surface area contributed by atoms with Crippen LogP contribution in [0.1, 0.15) is 5.69 Å². The van der Waals surface area contributed by atoms with E-state index in [0.717, 1.165) is 28.1 Å². The van der Waals surface area contributed by atoms with Gasteiger partial charge in [0.1, 0.15) is 17.3 Å². The van der Waals surface area contributed by atoms with Crippen LogP contribution in [0, 0.1) is 12.7 Å². The van der Waals surface area contributed by atoms with Crippen molar-refractivity contribution >= 4 is 5.82 Å². The number of nitrogens with one attached hydrogen (secondary N) is 1. The lowest BCUT2D eigenvalue weighted by atomic mass is 10.00. The Balaban J connectivity index is 2.17. The first-order valence-electron chi connectivity index (χ1n) is 6.18. The molecule has 0 aliphatic carbocycles. The number of hydrogen-bond donors (Lipinski definition) is 2. The molecule has 0 radical (unpaired) electrons. The molecular formula is C15H13FN4. The average Bonchev–Trinajstić information content (AvgIpc) is 2.81. The molecule has 0 spiro atoms. The highest BCUT2D eigenvalue weighted by molar-refractivity contribution is 5.83. The zero-order chi connectivity index (χ0) is 14.1. The first-order chi connectivity index (χ1) is 9.65. The fourth-order valence-corrected chi connectivity index (χ4v) is 2.20. The summed E-state index contributed by atoms with van der Waals surface area (Å²) < 4.78 is 13.0. The van der Waals surface area contributed by atoms with Gasteiger partial charge in [0.05, 0.1) is 0 Å². The number of hydrogen-bond acceptors (Lipinski definition) is 3. The largest absolute Gasteiger partial charge is 0.384 e. The lowest BCUT2D eigenvalue weighted by Crippen LogP contribution is -1.91. The van der Waals surface area contributed by atoms with Gasteiger partial charge >= 0.3 is 0 Å². The number of nitrogens with zero attached hydrogens (tertiary/aromatic N) is 2. The number of rotatable bonds is 2. The van der Waals surface area contributed by atoms with Crippen molar-refractivity contribution in [2.24, 2.45) is 0 Å². The maximum atomic E-state index is 13.0. The number of anilines is 1. The highest BCUT2D eigenvalue weighted by Crippen LogP contribution is 2.33. The monoisotopic (exact) mass is 268 g/mol. The second kappa shape index (κ2) is 4.77. The van der Waals surface area contributed by atoms with Crippen LogP contribution in [0.15, 0.2) is 42.6 Å². The van der Waals surface area contributed by atoms with Gasteiger partial charge in [-0.1, -0.05) is 0 Å². The minimum Gasteiger partial charge on any atom is -0.384 e. The van der Waals surface area contributed by atoms with Gasteiger partial charge in [0, 0.05) is 23.0 Å². The van der Waals surface area contributed by atoms with Gasteiger partial charge in [0.25, 0.3) is 0 Å². The maximum Gasteiger partial charge on any atom is 0.123 e. The van der Waals surface area contributed by atoms with E-state index in [0.29, 0.717) is 5.82 Å². The molecule has 5 heteroatoms. The quantitative estimate of drug-likeness (QED) is 0.750. The summed E-state index contributed by atoms with van der Waals surface area (Å²) in [5, 5.41) is 7.28. The zero-order valence-corrected chi connectivity index (χ0v) is 10.9. The second-order valence-electron chi connectivity index (χ2n) is 4.55. The SMILES string of the molecule is Cc1[nH]nc(-c2ccc(F)cc2)c1-c1ccnc(N)c1. The minimum absolute atomic E-state index is 0.268. The maximum absolute atomic E-state index is 13.0. The first kappa shape index (κ1) is 12.3. The summed E-state index contributed by atoms with van der Waals surface area (Å²) in [7, 11) is 0. The van der Waals surface area contributed by atoms with E-state index in [1.165, 1.54) is 12.1 Å². The normalized spacial score (nSPS) is 10.7. The summed E-state index contributed by atoms with van der Waals surface area (Å²) >= 11 is 0. The molecule has 20 heavy (non-hydrogen) atoms. The van der Waals surface area contributed by atoms with Gasteiger partial charge < -0.3 is 5.73 Å². The van der Waals surface area contributed by atoms with Gasteiger partial charge in [-0.25, -0.2) is 9.37 Å². The fourth-order valence-electron chi connectivity index (χ4n) is 2.20. The van der Waals surface area contributed by atoms with Crippen LogP contribution in [-0.4, -0.2) is 15.2 Å². The van der Waals surface area contributed by atoms with Crippen LogP contribution in [0.25, 0.3) is 22.4 Å². The van der Waals surface area contributed by atoms with Gasteiger partial charge in [-0.05, 0) is 48.9 Å². The molecule has 0 atom stereocenters. The standard InChI is InChI=1S/C15H13FN4/c1-9-14(11-6-7-18-13(17)8-11)15(20-19-9)10-2-4-12(16)5-3-10/h2-8H,1H3,(H2,17,18)(H,19,20). The molecule has 2 aromatic heterocycles. The Morgan fingerprint density at radius 3 is 2.55 bits per heavy atom. The van der Waals surface area contributed by atoms with Crippen LogP contribution in [0.5, 0.6) is 0 Å². The smallest absolute Gasteiger partial charge is 0.123 e. The predicted molar refractivity (Wildman–Crippen MR) is 76.4 cm³/mol. The third-order valence-electron chi connectivity index (χ3n) is 3.13. The van der Waals surface area contributed by atoms with Crippen molar-refractivity contribution in [3.63, 3.8) is 0 Å². The highest BCUT2D eigenvalue weighted by Gasteiger charge is 2.14. The Labute approximate surface area is 115 Å². The Morgan fingerprint density at radius 1 is 1.10 bits per heavy atom. The van der Waals surface area contributed by atoms with E-state index < -0.39 is 0 Å². The topological polar surface area (TPSA) is 67.6 Å². The lowest BCUT2D eigenvalue weighted by Gasteiger charge is -2.05. The Bertz CT molecular complexity index is 747. The van der Waals surface area contributed by atoms with Gasteiger partial charge in [-0.2, -0.15) is 5.10 Å². The summed E-state index contributed by atoms with van der Waals surface area (Å²) in [4.78, 5) is 3.99. The van der Waals surface area contributed by atoms with E-state index in [2.05, 4.69) is 15.2 Å². The number of aryl methyl sites for hydroxylation is 1. The van der Waals surface area contributed by atoms with Crippen molar-refractivity contribution in [3.8, 4) is 22.4 Å². The van der Waals surface area contributed by atoms with Crippen LogP contribution >= 0.6 is 0 Å². The molecule has 0 aliphatic rings. The van der Waals surface area contributed by atoms with Crippen LogP contribution in [0.3, 0.4) is 0 Å². The second-order valence-corrected chi connectivity index (χ2v) is 4.55. The molecule has 1 aromatic carbocycles. The number of nitrogens with two attached hydrogens (primary N) is 1. The predicted octanol–water partition coefficient (Wildman–Crippen LogP) is 3.17. The average molecular weight is 268 g/mol. The zero-order valence-electron chi connectivity index (χ0n) is 10.9. The molecule has 3 rings (SSSR count). The van der Waals surface area contributed by atoms with Crippen LogP contribution in [0.4, 0.5) is 10.2 Å². The molecule has 4 nitrogen and oxygen atoms in total. The Morgan fingerprint density at radius 2 is 1.85 bits per heavy atom. The Hall–Kier alpha value is -2.69. The molecule has 0 fully saturated rings. The molecule has 0 unspecified atom stereocenters. The van der Waals surface area contributed by atoms with Crippen molar-refractivity contribution in [2.75, 3.05) is 5.73 Å². The molecule has 2 heterocycles. The molecule has 0 saturated heterocycles. The Kier molecular flexibility index (Phi) is 2.95. The van der Waals surface area contributed by atoms with Gasteiger partial charge in [0.15, 0.2) is 0 Å². The third kappa shape index (κ3) is 2.14. The summed E-state index contributed by atoms with van der Waals surface area (Å²) in [5.41, 5.74) is 10.2. The molecule has 0 amide bonds. The van der Waals surface area contributed by atoms with E-state index in [-0.39, 0.29) is 5.82 Å². The lowest BCUT2D eigenvalue weighted by molar-refractivity contribution is 0.628. The van der Waals surface area contributed by atoms with Gasteiger partial charge in [0.2, 0.25) is 0 Å². The summed E-state index contributed by atoms with van der Waals surface area (Å²) in [5.74, 6) is 0.184. The summed E-state index contributed by atoms with van der Waals surface area (Å²) in [6.45, 7) is 1.94. The summed E-state index contributed by atoms with van der Waals surface area (Å²) in [6.07, 6.45) is 1.66. The van der Waals surface area contributed by atoms with E-state index >= 15 is 0 Å². The van der Waals surface area contributed by atoms with Crippen molar-refractivity contribution in [1.82, 2.24) is 15.2 Å². The van der Waals surface area contributed by atoms with Crippen LogP contribution in [-0.2, 0) is 0 Å². The molecule has 0 saturated carbocycles. The number of aromatic nitrogens is 3. The number of benzene rings is 1.